The van der Waals surface area contributed by atoms with Crippen molar-refractivity contribution in [3.05, 3.63) is 35.4 Å². The zero-order valence-electron chi connectivity index (χ0n) is 13.7. The third-order valence-electron chi connectivity index (χ3n) is 4.32. The quantitative estimate of drug-likeness (QED) is 0.860. The molecule has 0 bridgehead atoms. The zero-order valence-corrected chi connectivity index (χ0v) is 14.6. The maximum atomic E-state index is 12.7. The third-order valence-corrected chi connectivity index (χ3v) is 4.32. The van der Waals surface area contributed by atoms with Crippen LogP contribution in [0, 0.1) is 5.92 Å². The van der Waals surface area contributed by atoms with Gasteiger partial charge in [0.1, 0.15) is 0 Å². The van der Waals surface area contributed by atoms with Gasteiger partial charge in [-0.1, -0.05) is 12.1 Å². The lowest BCUT2D eigenvalue weighted by Gasteiger charge is -2.24. The number of hydrogen-bond acceptors (Lipinski definition) is 2. The largest absolute Gasteiger partial charge is 0.416 e. The molecule has 7 heteroatoms. The van der Waals surface area contributed by atoms with Crippen LogP contribution in [0.4, 0.5) is 13.2 Å². The highest BCUT2D eigenvalue weighted by atomic mass is 35.5. The van der Waals surface area contributed by atoms with Crippen molar-refractivity contribution in [1.82, 2.24) is 10.2 Å². The summed E-state index contributed by atoms with van der Waals surface area (Å²) >= 11 is 0. The summed E-state index contributed by atoms with van der Waals surface area (Å²) in [7, 11) is 1.64. The van der Waals surface area contributed by atoms with Gasteiger partial charge in [0.25, 0.3) is 0 Å². The topological polar surface area (TPSA) is 32.3 Å². The summed E-state index contributed by atoms with van der Waals surface area (Å²) in [5.74, 6) is 0.558. The van der Waals surface area contributed by atoms with Crippen LogP contribution in [-0.4, -0.2) is 30.9 Å². The van der Waals surface area contributed by atoms with E-state index in [9.17, 15) is 18.0 Å². The fraction of sp³-hybridized carbons (Fsp3) is 0.588. The van der Waals surface area contributed by atoms with Gasteiger partial charge in [0, 0.05) is 20.0 Å². The molecule has 136 valence electrons. The van der Waals surface area contributed by atoms with Crippen LogP contribution in [0.15, 0.2) is 24.3 Å². The molecule has 0 atom stereocenters. The van der Waals surface area contributed by atoms with Gasteiger partial charge in [-0.05, 0) is 56.0 Å². The highest BCUT2D eigenvalue weighted by Gasteiger charge is 2.30. The van der Waals surface area contributed by atoms with E-state index < -0.39 is 11.7 Å². The Kier molecular flexibility index (Phi) is 8.03. The number of hydrogen-bond donors (Lipinski definition) is 1. The number of nitrogens with zero attached hydrogens (tertiary/aromatic N) is 1. The number of amides is 1. The minimum absolute atomic E-state index is 0. The average molecular weight is 365 g/mol. The highest BCUT2D eigenvalue weighted by molar-refractivity contribution is 5.85. The van der Waals surface area contributed by atoms with Crippen LogP contribution in [0.25, 0.3) is 0 Å². The first-order valence-corrected chi connectivity index (χ1v) is 7.97. The second kappa shape index (κ2) is 9.28. The minimum Gasteiger partial charge on any atom is -0.341 e. The molecule has 1 aromatic rings. The predicted molar refractivity (Wildman–Crippen MR) is 90.0 cm³/mol. The Morgan fingerprint density at radius 3 is 2.58 bits per heavy atom. The first-order valence-electron chi connectivity index (χ1n) is 7.97. The molecular weight excluding hydrogens is 341 g/mol. The van der Waals surface area contributed by atoms with Crippen molar-refractivity contribution >= 4 is 18.3 Å². The van der Waals surface area contributed by atoms with Gasteiger partial charge in [0.05, 0.1) is 5.56 Å². The Labute approximate surface area is 147 Å². The molecule has 1 N–H and O–H groups in total. The van der Waals surface area contributed by atoms with Crippen molar-refractivity contribution < 1.29 is 18.0 Å². The number of benzene rings is 1. The van der Waals surface area contributed by atoms with Crippen LogP contribution in [0.3, 0.4) is 0 Å². The molecule has 0 aromatic heterocycles. The summed E-state index contributed by atoms with van der Waals surface area (Å²) < 4.78 is 38.1. The van der Waals surface area contributed by atoms with Gasteiger partial charge in [-0.3, -0.25) is 4.79 Å². The van der Waals surface area contributed by atoms with Crippen molar-refractivity contribution in [2.45, 2.75) is 38.4 Å². The lowest BCUT2D eigenvalue weighted by atomic mass is 9.93. The lowest BCUT2D eigenvalue weighted by Crippen LogP contribution is -2.30. The molecule has 24 heavy (non-hydrogen) atoms. The number of alkyl halides is 3. The molecular formula is C17H24ClF3N2O. The van der Waals surface area contributed by atoms with Gasteiger partial charge < -0.3 is 10.2 Å². The van der Waals surface area contributed by atoms with Crippen LogP contribution < -0.4 is 5.32 Å². The molecule has 1 aromatic carbocycles. The highest BCUT2D eigenvalue weighted by Crippen LogP contribution is 2.29. The SMILES string of the molecule is CN(Cc1cccc(C(F)(F)F)c1)C(=O)CCC1CCNCC1.Cl. The van der Waals surface area contributed by atoms with Gasteiger partial charge in [-0.2, -0.15) is 13.2 Å². The van der Waals surface area contributed by atoms with Gasteiger partial charge in [-0.15, -0.1) is 12.4 Å². The molecule has 1 saturated heterocycles. The fourth-order valence-electron chi connectivity index (χ4n) is 2.90. The van der Waals surface area contributed by atoms with Gasteiger partial charge >= 0.3 is 6.18 Å². The Bertz CT molecular complexity index is 531. The van der Waals surface area contributed by atoms with E-state index in [1.54, 1.807) is 13.1 Å². The molecule has 1 fully saturated rings. The van der Waals surface area contributed by atoms with Crippen molar-refractivity contribution in [1.29, 1.82) is 0 Å². The number of rotatable bonds is 5. The predicted octanol–water partition coefficient (Wildman–Crippen LogP) is 3.87. The van der Waals surface area contributed by atoms with Crippen molar-refractivity contribution in [3.63, 3.8) is 0 Å². The zero-order chi connectivity index (χ0) is 16.9. The van der Waals surface area contributed by atoms with Gasteiger partial charge in [0.2, 0.25) is 5.91 Å². The Morgan fingerprint density at radius 1 is 1.29 bits per heavy atom. The fourth-order valence-corrected chi connectivity index (χ4v) is 2.90. The molecule has 1 amide bonds. The molecule has 1 aliphatic heterocycles. The minimum atomic E-state index is -4.35. The molecule has 0 unspecified atom stereocenters. The van der Waals surface area contributed by atoms with E-state index in [-0.39, 0.29) is 24.9 Å². The second-order valence-corrected chi connectivity index (χ2v) is 6.18. The van der Waals surface area contributed by atoms with Crippen molar-refractivity contribution in [2.24, 2.45) is 5.92 Å². The molecule has 0 radical (unpaired) electrons. The molecule has 3 nitrogen and oxygen atoms in total. The number of halogens is 4. The van der Waals surface area contributed by atoms with Crippen molar-refractivity contribution in [2.75, 3.05) is 20.1 Å². The van der Waals surface area contributed by atoms with E-state index in [1.165, 1.54) is 11.0 Å². The standard InChI is InChI=1S/C17H23F3N2O.ClH/c1-22(16(23)6-5-13-7-9-21-10-8-13)12-14-3-2-4-15(11-14)17(18,19)20;/h2-4,11,13,21H,5-10,12H2,1H3;1H. The third kappa shape index (κ3) is 6.32. The van der Waals surface area contributed by atoms with E-state index in [0.29, 0.717) is 17.9 Å². The average Bonchev–Trinajstić information content (AvgIpc) is 2.53. The monoisotopic (exact) mass is 364 g/mol. The number of piperidine rings is 1. The summed E-state index contributed by atoms with van der Waals surface area (Å²) in [6.07, 6.45) is -0.865. The normalized spacial score (nSPS) is 15.7. The van der Waals surface area contributed by atoms with Crippen LogP contribution in [0.2, 0.25) is 0 Å². The molecule has 1 aliphatic rings. The van der Waals surface area contributed by atoms with E-state index in [0.717, 1.165) is 44.5 Å². The van der Waals surface area contributed by atoms with E-state index in [1.807, 2.05) is 0 Å². The maximum Gasteiger partial charge on any atom is 0.416 e. The molecule has 2 rings (SSSR count). The van der Waals surface area contributed by atoms with Gasteiger partial charge in [0.15, 0.2) is 0 Å². The lowest BCUT2D eigenvalue weighted by molar-refractivity contribution is -0.137. The van der Waals surface area contributed by atoms with Gasteiger partial charge in [-0.25, -0.2) is 0 Å². The second-order valence-electron chi connectivity index (χ2n) is 6.18. The van der Waals surface area contributed by atoms with Crippen LogP contribution >= 0.6 is 12.4 Å². The van der Waals surface area contributed by atoms with E-state index in [2.05, 4.69) is 5.32 Å². The van der Waals surface area contributed by atoms with E-state index in [4.69, 9.17) is 0 Å². The van der Waals surface area contributed by atoms with E-state index >= 15 is 0 Å². The Morgan fingerprint density at radius 2 is 1.96 bits per heavy atom. The summed E-state index contributed by atoms with van der Waals surface area (Å²) in [6.45, 7) is 2.20. The first kappa shape index (κ1) is 20.8. The number of carbonyl (C=O) groups is 1. The van der Waals surface area contributed by atoms with Crippen molar-refractivity contribution in [3.8, 4) is 0 Å². The molecule has 0 saturated carbocycles. The Hall–Kier alpha value is -1.27. The van der Waals surface area contributed by atoms with Crippen LogP contribution in [0.1, 0.15) is 36.8 Å². The summed E-state index contributed by atoms with van der Waals surface area (Å²) in [4.78, 5) is 13.7. The van der Waals surface area contributed by atoms with Crippen LogP contribution in [-0.2, 0) is 17.5 Å². The molecule has 1 heterocycles. The maximum absolute atomic E-state index is 12.7. The summed E-state index contributed by atoms with van der Waals surface area (Å²) in [5, 5.41) is 3.29. The summed E-state index contributed by atoms with van der Waals surface area (Å²) in [6, 6.07) is 5.15. The Balaban J connectivity index is 0.00000288. The molecule has 0 spiro atoms. The smallest absolute Gasteiger partial charge is 0.341 e. The number of carbonyl (C=O) groups excluding carboxylic acids is 1. The summed E-state index contributed by atoms with van der Waals surface area (Å²) in [5.41, 5.74) is -0.178. The molecule has 0 aliphatic carbocycles. The first-order chi connectivity index (χ1) is 10.9. The number of nitrogens with one attached hydrogen (secondary N) is 1. The van der Waals surface area contributed by atoms with Crippen LogP contribution in [0.5, 0.6) is 0 Å².